The number of piperidine rings is 1. The molecule has 140 valence electrons. The van der Waals surface area contributed by atoms with Gasteiger partial charge in [-0.15, -0.1) is 0 Å². The molecular weight excluding hydrogens is 328 g/mol. The van der Waals surface area contributed by atoms with E-state index in [9.17, 15) is 9.59 Å². The summed E-state index contributed by atoms with van der Waals surface area (Å²) in [6, 6.07) is 5.68. The summed E-state index contributed by atoms with van der Waals surface area (Å²) in [6.07, 6.45) is 4.23. The van der Waals surface area contributed by atoms with E-state index < -0.39 is 5.54 Å². The van der Waals surface area contributed by atoms with E-state index in [1.807, 2.05) is 38.2 Å². The fourth-order valence-corrected chi connectivity index (χ4v) is 4.17. The Balaban J connectivity index is 1.66. The van der Waals surface area contributed by atoms with Crippen LogP contribution in [0.4, 0.5) is 4.79 Å². The molecule has 6 nitrogen and oxygen atoms in total. The zero-order valence-corrected chi connectivity index (χ0v) is 15.7. The van der Waals surface area contributed by atoms with Crippen molar-refractivity contribution in [3.63, 3.8) is 0 Å². The monoisotopic (exact) mass is 356 g/mol. The highest BCUT2D eigenvalue weighted by Crippen LogP contribution is 2.36. The Morgan fingerprint density at radius 3 is 2.65 bits per heavy atom. The molecule has 26 heavy (non-hydrogen) atoms. The van der Waals surface area contributed by atoms with Gasteiger partial charge in [0.1, 0.15) is 5.54 Å². The third-order valence-electron chi connectivity index (χ3n) is 5.58. The van der Waals surface area contributed by atoms with Crippen LogP contribution >= 0.6 is 0 Å². The van der Waals surface area contributed by atoms with Gasteiger partial charge >= 0.3 is 6.03 Å². The van der Waals surface area contributed by atoms with Gasteiger partial charge in [-0.25, -0.2) is 4.79 Å². The van der Waals surface area contributed by atoms with Gasteiger partial charge in [-0.1, -0.05) is 25.1 Å². The lowest BCUT2D eigenvalue weighted by Crippen LogP contribution is -2.55. The van der Waals surface area contributed by atoms with Crippen molar-refractivity contribution in [2.75, 3.05) is 19.6 Å². The van der Waals surface area contributed by atoms with Crippen LogP contribution in [0.5, 0.6) is 0 Å². The van der Waals surface area contributed by atoms with Gasteiger partial charge in [-0.3, -0.25) is 19.6 Å². The average molecular weight is 356 g/mol. The van der Waals surface area contributed by atoms with E-state index in [0.717, 1.165) is 43.7 Å². The zero-order valence-electron chi connectivity index (χ0n) is 15.7. The lowest BCUT2D eigenvalue weighted by molar-refractivity contribution is -0.134. The van der Waals surface area contributed by atoms with Crippen LogP contribution in [0, 0.1) is 5.92 Å². The van der Waals surface area contributed by atoms with Crippen LogP contribution in [0.3, 0.4) is 0 Å². The average Bonchev–Trinajstić information content (AvgIpc) is 2.88. The van der Waals surface area contributed by atoms with Crippen LogP contribution in [-0.4, -0.2) is 51.9 Å². The number of carbonyl (C=O) groups excluding carboxylic acids is 2. The van der Waals surface area contributed by atoms with Crippen molar-refractivity contribution >= 4 is 11.9 Å². The van der Waals surface area contributed by atoms with Crippen molar-refractivity contribution in [2.45, 2.75) is 45.2 Å². The van der Waals surface area contributed by atoms with Crippen LogP contribution in [0.1, 0.15) is 38.8 Å². The Morgan fingerprint density at radius 2 is 2.08 bits per heavy atom. The summed E-state index contributed by atoms with van der Waals surface area (Å²) in [5, 5.41) is 3.02. The van der Waals surface area contributed by atoms with Crippen LogP contribution < -0.4 is 5.32 Å². The minimum absolute atomic E-state index is 0.0869. The maximum atomic E-state index is 13.1. The minimum Gasteiger partial charge on any atom is -0.323 e. The van der Waals surface area contributed by atoms with E-state index in [4.69, 9.17) is 0 Å². The second-order valence-corrected chi connectivity index (χ2v) is 7.47. The van der Waals surface area contributed by atoms with Gasteiger partial charge in [-0.05, 0) is 57.3 Å². The number of amides is 3. The molecule has 3 rings (SSSR count). The summed E-state index contributed by atoms with van der Waals surface area (Å²) in [7, 11) is 0. The number of nitrogens with zero attached hydrogens (tertiary/aromatic N) is 3. The molecule has 0 spiro atoms. The minimum atomic E-state index is -0.760. The van der Waals surface area contributed by atoms with Crippen LogP contribution in [-0.2, 0) is 11.3 Å². The van der Waals surface area contributed by atoms with Gasteiger partial charge in [-0.2, -0.15) is 0 Å². The number of rotatable bonds is 6. The molecule has 1 unspecified atom stereocenters. The van der Waals surface area contributed by atoms with E-state index in [-0.39, 0.29) is 17.9 Å². The van der Waals surface area contributed by atoms with Gasteiger partial charge in [0.15, 0.2) is 0 Å². The van der Waals surface area contributed by atoms with Gasteiger partial charge < -0.3 is 5.32 Å². The Morgan fingerprint density at radius 1 is 1.35 bits per heavy atom. The first-order valence-electron chi connectivity index (χ1n) is 9.37. The number of aromatic nitrogens is 1. The Bertz CT molecular complexity index is 682. The number of pyridine rings is 1. The molecule has 0 saturated carbocycles. The quantitative estimate of drug-likeness (QED) is 0.628. The fraction of sp³-hybridized carbons (Fsp3) is 0.550. The predicted molar refractivity (Wildman–Crippen MR) is 100 cm³/mol. The van der Waals surface area contributed by atoms with Crippen molar-refractivity contribution < 1.29 is 9.59 Å². The molecule has 1 N–H and O–H groups in total. The molecule has 3 amide bonds. The SMILES string of the molecule is C=C(C)CN1C(=O)NC(CC)(C2CCN(Cc3ccccn3)CC2)C1=O. The van der Waals surface area contributed by atoms with Crippen LogP contribution in [0.25, 0.3) is 0 Å². The molecule has 2 fully saturated rings. The van der Waals surface area contributed by atoms with E-state index in [0.29, 0.717) is 13.0 Å². The summed E-state index contributed by atoms with van der Waals surface area (Å²) < 4.78 is 0. The number of nitrogens with one attached hydrogen (secondary N) is 1. The maximum absolute atomic E-state index is 13.1. The highest BCUT2D eigenvalue weighted by molar-refractivity contribution is 6.07. The summed E-state index contributed by atoms with van der Waals surface area (Å²) in [5.74, 6) is 0.0789. The topological polar surface area (TPSA) is 65.5 Å². The molecule has 6 heteroatoms. The predicted octanol–water partition coefficient (Wildman–Crippen LogP) is 2.57. The summed E-state index contributed by atoms with van der Waals surface area (Å²) in [5.41, 5.74) is 1.11. The van der Waals surface area contributed by atoms with Crippen molar-refractivity contribution in [2.24, 2.45) is 5.92 Å². The third kappa shape index (κ3) is 3.51. The molecule has 0 radical (unpaired) electrons. The molecule has 2 aliphatic rings. The lowest BCUT2D eigenvalue weighted by atomic mass is 9.75. The second-order valence-electron chi connectivity index (χ2n) is 7.47. The number of urea groups is 1. The molecule has 0 bridgehead atoms. The Kier molecular flexibility index (Phi) is 5.41. The maximum Gasteiger partial charge on any atom is 0.325 e. The molecular formula is C20H28N4O2. The lowest BCUT2D eigenvalue weighted by Gasteiger charge is -2.40. The molecule has 0 aromatic carbocycles. The van der Waals surface area contributed by atoms with E-state index >= 15 is 0 Å². The van der Waals surface area contributed by atoms with Crippen molar-refractivity contribution in [3.8, 4) is 0 Å². The number of carbonyl (C=O) groups is 2. The molecule has 2 aliphatic heterocycles. The number of imide groups is 1. The highest BCUT2D eigenvalue weighted by Gasteiger charge is 2.54. The van der Waals surface area contributed by atoms with Gasteiger partial charge in [0, 0.05) is 12.7 Å². The van der Waals surface area contributed by atoms with Crippen molar-refractivity contribution in [1.29, 1.82) is 0 Å². The number of likely N-dealkylation sites (tertiary alicyclic amines) is 1. The largest absolute Gasteiger partial charge is 0.325 e. The molecule has 3 heterocycles. The van der Waals surface area contributed by atoms with E-state index in [2.05, 4.69) is 21.8 Å². The standard InChI is InChI=1S/C20H28N4O2/c1-4-20(18(25)24(13-15(2)3)19(26)22-20)16-8-11-23(12-9-16)14-17-7-5-6-10-21-17/h5-7,10,16H,2,4,8-9,11-14H2,1,3H3,(H,22,26). The highest BCUT2D eigenvalue weighted by atomic mass is 16.2. The number of hydrogen-bond acceptors (Lipinski definition) is 4. The normalized spacial score (nSPS) is 24.8. The zero-order chi connectivity index (χ0) is 18.7. The van der Waals surface area contributed by atoms with Crippen LogP contribution in [0.15, 0.2) is 36.5 Å². The summed E-state index contributed by atoms with van der Waals surface area (Å²) in [4.78, 5) is 33.5. The third-order valence-corrected chi connectivity index (χ3v) is 5.58. The van der Waals surface area contributed by atoms with Crippen molar-refractivity contribution in [3.05, 3.63) is 42.2 Å². The van der Waals surface area contributed by atoms with E-state index in [1.165, 1.54) is 4.90 Å². The molecule has 1 atom stereocenters. The molecule has 1 aromatic heterocycles. The molecule has 1 aromatic rings. The summed E-state index contributed by atoms with van der Waals surface area (Å²) in [6.45, 7) is 10.6. The Labute approximate surface area is 155 Å². The smallest absolute Gasteiger partial charge is 0.323 e. The first-order valence-corrected chi connectivity index (χ1v) is 9.37. The number of hydrogen-bond donors (Lipinski definition) is 1. The first kappa shape index (κ1) is 18.6. The second kappa shape index (κ2) is 7.58. The van der Waals surface area contributed by atoms with Gasteiger partial charge in [0.2, 0.25) is 0 Å². The van der Waals surface area contributed by atoms with Gasteiger partial charge in [0.05, 0.1) is 12.2 Å². The fourth-order valence-electron chi connectivity index (χ4n) is 4.17. The molecule has 0 aliphatic carbocycles. The summed E-state index contributed by atoms with van der Waals surface area (Å²) >= 11 is 0. The Hall–Kier alpha value is -2.21. The van der Waals surface area contributed by atoms with Crippen molar-refractivity contribution in [1.82, 2.24) is 20.1 Å². The van der Waals surface area contributed by atoms with E-state index in [1.54, 1.807) is 0 Å². The first-order chi connectivity index (χ1) is 12.5. The molecule has 2 saturated heterocycles. The van der Waals surface area contributed by atoms with Gasteiger partial charge in [0.25, 0.3) is 5.91 Å². The van der Waals surface area contributed by atoms with Crippen LogP contribution in [0.2, 0.25) is 0 Å².